The molecule has 2 heterocycles. The van der Waals surface area contributed by atoms with Crippen molar-refractivity contribution in [3.63, 3.8) is 0 Å². The van der Waals surface area contributed by atoms with E-state index in [4.69, 9.17) is 0 Å². The van der Waals surface area contributed by atoms with Gasteiger partial charge in [0.05, 0.1) is 17.6 Å². The summed E-state index contributed by atoms with van der Waals surface area (Å²) in [4.78, 5) is 9.00. The Morgan fingerprint density at radius 2 is 1.94 bits per heavy atom. The van der Waals surface area contributed by atoms with Crippen molar-refractivity contribution in [3.8, 4) is 11.1 Å². The van der Waals surface area contributed by atoms with Crippen LogP contribution in [0.15, 0.2) is 46.4 Å². The third-order valence-electron chi connectivity index (χ3n) is 3.35. The number of fused-ring (bicyclic) bond motifs is 5. The van der Waals surface area contributed by atoms with Gasteiger partial charge in [0.1, 0.15) is 0 Å². The zero-order valence-electron chi connectivity index (χ0n) is 9.22. The minimum absolute atomic E-state index is 0.763. The van der Waals surface area contributed by atoms with Crippen LogP contribution in [0.4, 0.5) is 5.69 Å². The van der Waals surface area contributed by atoms with Crippen molar-refractivity contribution in [1.82, 2.24) is 0 Å². The zero-order chi connectivity index (χ0) is 11.2. The maximum Gasteiger partial charge on any atom is 0.0720 e. The van der Waals surface area contributed by atoms with E-state index in [0.717, 1.165) is 17.6 Å². The molecule has 80 valence electrons. The SMILES string of the molecule is C1=NCc2c3c(ccc2=C1)=Nc1ccccc1-3. The van der Waals surface area contributed by atoms with E-state index in [0.29, 0.717) is 0 Å². The van der Waals surface area contributed by atoms with Crippen LogP contribution in [0.1, 0.15) is 5.56 Å². The van der Waals surface area contributed by atoms with Crippen LogP contribution in [0.25, 0.3) is 17.2 Å². The number of nitrogens with zero attached hydrogens (tertiary/aromatic N) is 2. The quantitative estimate of drug-likeness (QED) is 0.551. The first kappa shape index (κ1) is 8.88. The molecule has 2 aliphatic rings. The Morgan fingerprint density at radius 3 is 2.94 bits per heavy atom. The van der Waals surface area contributed by atoms with Crippen LogP contribution in [0.3, 0.4) is 0 Å². The van der Waals surface area contributed by atoms with Crippen molar-refractivity contribution >= 4 is 18.0 Å². The molecule has 0 saturated heterocycles. The van der Waals surface area contributed by atoms with Gasteiger partial charge in [-0.05, 0) is 29.0 Å². The first-order chi connectivity index (χ1) is 8.43. The Kier molecular flexibility index (Phi) is 1.64. The van der Waals surface area contributed by atoms with E-state index in [1.54, 1.807) is 0 Å². The number of benzene rings is 2. The fourth-order valence-corrected chi connectivity index (χ4v) is 2.56. The summed E-state index contributed by atoms with van der Waals surface area (Å²) in [5.74, 6) is 0. The summed E-state index contributed by atoms with van der Waals surface area (Å²) in [6, 6.07) is 12.5. The van der Waals surface area contributed by atoms with Gasteiger partial charge in [0.25, 0.3) is 0 Å². The van der Waals surface area contributed by atoms with Crippen LogP contribution < -0.4 is 10.6 Å². The number of para-hydroxylation sites is 1. The highest BCUT2D eigenvalue weighted by atomic mass is 14.8. The minimum atomic E-state index is 0.763. The Labute approximate surface area is 98.7 Å². The highest BCUT2D eigenvalue weighted by Crippen LogP contribution is 2.33. The molecule has 2 aliphatic heterocycles. The van der Waals surface area contributed by atoms with Gasteiger partial charge in [-0.25, -0.2) is 4.99 Å². The lowest BCUT2D eigenvalue weighted by molar-refractivity contribution is 1.05. The second kappa shape index (κ2) is 3.14. The van der Waals surface area contributed by atoms with Crippen LogP contribution >= 0.6 is 0 Å². The number of rotatable bonds is 0. The molecule has 0 atom stereocenters. The fourth-order valence-electron chi connectivity index (χ4n) is 2.56. The molecule has 0 aliphatic carbocycles. The molecule has 17 heavy (non-hydrogen) atoms. The molecule has 0 saturated carbocycles. The van der Waals surface area contributed by atoms with E-state index >= 15 is 0 Å². The van der Waals surface area contributed by atoms with E-state index in [9.17, 15) is 0 Å². The molecule has 0 unspecified atom stereocenters. The largest absolute Gasteiger partial charge is 0.288 e. The lowest BCUT2D eigenvalue weighted by Crippen LogP contribution is -2.19. The molecule has 2 aromatic carbocycles. The van der Waals surface area contributed by atoms with E-state index in [1.165, 1.54) is 21.9 Å². The zero-order valence-corrected chi connectivity index (χ0v) is 9.22. The van der Waals surface area contributed by atoms with E-state index in [-0.39, 0.29) is 0 Å². The molecule has 0 fully saturated rings. The van der Waals surface area contributed by atoms with Crippen LogP contribution in [-0.2, 0) is 6.54 Å². The molecule has 0 N–H and O–H groups in total. The molecule has 0 aromatic heterocycles. The number of aliphatic imine (C=N–C) groups is 1. The first-order valence-electron chi connectivity index (χ1n) is 5.74. The maximum atomic E-state index is 4.66. The van der Waals surface area contributed by atoms with Crippen LogP contribution in [0.2, 0.25) is 0 Å². The average Bonchev–Trinajstić information content (AvgIpc) is 2.77. The second-order valence-corrected chi connectivity index (χ2v) is 4.31. The molecule has 0 radical (unpaired) electrons. The number of hydrogen-bond acceptors (Lipinski definition) is 2. The molecule has 0 spiro atoms. The van der Waals surface area contributed by atoms with E-state index in [1.807, 2.05) is 12.3 Å². The van der Waals surface area contributed by atoms with E-state index < -0.39 is 0 Å². The monoisotopic (exact) mass is 218 g/mol. The molecule has 2 heteroatoms. The summed E-state index contributed by atoms with van der Waals surface area (Å²) < 4.78 is 0. The summed E-state index contributed by atoms with van der Waals surface area (Å²) in [7, 11) is 0. The highest BCUT2D eigenvalue weighted by molar-refractivity contribution is 5.93. The average molecular weight is 218 g/mol. The molecule has 0 bridgehead atoms. The highest BCUT2D eigenvalue weighted by Gasteiger charge is 2.17. The van der Waals surface area contributed by atoms with E-state index in [2.05, 4.69) is 46.4 Å². The fraction of sp³-hybridized carbons (Fsp3) is 0.0667. The second-order valence-electron chi connectivity index (χ2n) is 4.31. The molecular formula is C15H10N2. The summed E-state index contributed by atoms with van der Waals surface area (Å²) in [6.45, 7) is 0.763. The van der Waals surface area contributed by atoms with Crippen molar-refractivity contribution in [1.29, 1.82) is 0 Å². The summed E-state index contributed by atoms with van der Waals surface area (Å²) in [5.41, 5.74) is 4.89. The predicted octanol–water partition coefficient (Wildman–Crippen LogP) is 1.98. The Bertz CT molecular complexity index is 770. The van der Waals surface area contributed by atoms with Crippen molar-refractivity contribution < 1.29 is 0 Å². The van der Waals surface area contributed by atoms with Gasteiger partial charge in [0, 0.05) is 17.3 Å². The Morgan fingerprint density at radius 1 is 1.00 bits per heavy atom. The van der Waals surface area contributed by atoms with Gasteiger partial charge in [0.15, 0.2) is 0 Å². The van der Waals surface area contributed by atoms with Gasteiger partial charge in [0.2, 0.25) is 0 Å². The van der Waals surface area contributed by atoms with Gasteiger partial charge in [-0.3, -0.25) is 4.99 Å². The van der Waals surface area contributed by atoms with Crippen molar-refractivity contribution in [2.24, 2.45) is 9.98 Å². The number of hydrogen-bond donors (Lipinski definition) is 0. The maximum absolute atomic E-state index is 4.66. The first-order valence-corrected chi connectivity index (χ1v) is 5.74. The van der Waals surface area contributed by atoms with Crippen LogP contribution in [0.5, 0.6) is 0 Å². The van der Waals surface area contributed by atoms with Gasteiger partial charge < -0.3 is 0 Å². The van der Waals surface area contributed by atoms with Gasteiger partial charge in [-0.2, -0.15) is 0 Å². The Hall–Kier alpha value is -2.22. The predicted molar refractivity (Wildman–Crippen MR) is 69.0 cm³/mol. The molecular weight excluding hydrogens is 208 g/mol. The smallest absolute Gasteiger partial charge is 0.0720 e. The molecule has 2 aromatic rings. The summed E-state index contributed by atoms with van der Waals surface area (Å²) in [5, 5.41) is 2.35. The summed E-state index contributed by atoms with van der Waals surface area (Å²) >= 11 is 0. The molecule has 4 rings (SSSR count). The lowest BCUT2D eigenvalue weighted by atomic mass is 9.97. The van der Waals surface area contributed by atoms with Crippen molar-refractivity contribution in [3.05, 3.63) is 52.5 Å². The van der Waals surface area contributed by atoms with Gasteiger partial charge >= 0.3 is 0 Å². The third kappa shape index (κ3) is 1.15. The van der Waals surface area contributed by atoms with Gasteiger partial charge in [-0.1, -0.05) is 24.3 Å². The van der Waals surface area contributed by atoms with Crippen LogP contribution in [-0.4, -0.2) is 6.21 Å². The van der Waals surface area contributed by atoms with Gasteiger partial charge in [-0.15, -0.1) is 0 Å². The Balaban J connectivity index is 2.16. The standard InChI is InChI=1S/C15H10N2/c1-2-4-13-11(3-1)15-12-9-16-8-7-10(12)5-6-14(15)17-13/h1-8H,9H2. The molecule has 0 amide bonds. The lowest BCUT2D eigenvalue weighted by Gasteiger charge is -2.08. The van der Waals surface area contributed by atoms with Crippen LogP contribution in [0, 0.1) is 0 Å². The summed E-state index contributed by atoms with van der Waals surface area (Å²) in [6.07, 6.45) is 3.95. The van der Waals surface area contributed by atoms with Crippen molar-refractivity contribution in [2.75, 3.05) is 0 Å². The normalized spacial score (nSPS) is 14.4. The van der Waals surface area contributed by atoms with Crippen molar-refractivity contribution in [2.45, 2.75) is 6.54 Å². The molecule has 2 nitrogen and oxygen atoms in total. The minimum Gasteiger partial charge on any atom is -0.288 e. The third-order valence-corrected chi connectivity index (χ3v) is 3.35. The topological polar surface area (TPSA) is 24.7 Å².